The third-order valence-electron chi connectivity index (χ3n) is 17.3. The summed E-state index contributed by atoms with van der Waals surface area (Å²) in [7, 11) is 0. The molecule has 5 fully saturated rings. The number of carbonyl (C=O) groups is 1. The molecule has 2 aromatic carbocycles. The van der Waals surface area contributed by atoms with E-state index in [4.69, 9.17) is 12.2 Å². The Hall–Kier alpha value is -2.44. The molecule has 1 heterocycles. The van der Waals surface area contributed by atoms with Crippen molar-refractivity contribution < 1.29 is 9.90 Å². The van der Waals surface area contributed by atoms with E-state index in [2.05, 4.69) is 112 Å². The van der Waals surface area contributed by atoms with E-state index in [0.29, 0.717) is 35.5 Å². The molecule has 51 heavy (non-hydrogen) atoms. The molecule has 1 amide bonds. The van der Waals surface area contributed by atoms with Crippen molar-refractivity contribution in [3.8, 4) is 0 Å². The first-order valence-electron chi connectivity index (χ1n) is 20.4. The van der Waals surface area contributed by atoms with Gasteiger partial charge in [-0.3, -0.25) is 4.79 Å². The first kappa shape index (κ1) is 35.6. The second-order valence-corrected chi connectivity index (χ2v) is 19.8. The highest BCUT2D eigenvalue weighted by atomic mass is 32.1. The molecule has 4 saturated carbocycles. The molecule has 0 spiro atoms. The van der Waals surface area contributed by atoms with Crippen LogP contribution in [0.4, 0.5) is 5.69 Å². The van der Waals surface area contributed by atoms with Gasteiger partial charge in [-0.2, -0.15) is 0 Å². The van der Waals surface area contributed by atoms with Crippen molar-refractivity contribution >= 4 is 39.7 Å². The molecule has 1 saturated heterocycles. The lowest BCUT2D eigenvalue weighted by molar-refractivity contribution is -0.205. The van der Waals surface area contributed by atoms with Crippen LogP contribution in [-0.4, -0.2) is 58.2 Å². The van der Waals surface area contributed by atoms with Crippen LogP contribution in [0, 0.1) is 56.7 Å². The lowest BCUT2D eigenvalue weighted by Crippen LogP contribution is -2.66. The maximum atomic E-state index is 15.2. The summed E-state index contributed by atoms with van der Waals surface area (Å²) in [5.74, 6) is 3.01. The minimum absolute atomic E-state index is 0.0412. The zero-order valence-corrected chi connectivity index (χ0v) is 33.2. The van der Waals surface area contributed by atoms with Gasteiger partial charge in [0.15, 0.2) is 5.11 Å². The topological polar surface area (TPSA) is 55.8 Å². The van der Waals surface area contributed by atoms with E-state index < -0.39 is 0 Å². The Labute approximate surface area is 313 Å². The zero-order chi connectivity index (χ0) is 36.1. The van der Waals surface area contributed by atoms with Gasteiger partial charge < -0.3 is 20.2 Å². The van der Waals surface area contributed by atoms with Crippen LogP contribution in [0.25, 0.3) is 10.8 Å². The summed E-state index contributed by atoms with van der Waals surface area (Å²) >= 11 is 5.95. The van der Waals surface area contributed by atoms with Crippen LogP contribution in [0.5, 0.6) is 0 Å². The largest absolute Gasteiger partial charge is 0.393 e. The number of hydrogen-bond donors (Lipinski definition) is 2. The van der Waals surface area contributed by atoms with Gasteiger partial charge in [0.05, 0.1) is 11.5 Å². The number of aliphatic hydroxyl groups excluding tert-OH is 1. The van der Waals surface area contributed by atoms with Gasteiger partial charge in [0.2, 0.25) is 5.91 Å². The molecule has 5 aliphatic carbocycles. The van der Waals surface area contributed by atoms with E-state index in [1.165, 1.54) is 23.6 Å². The highest BCUT2D eigenvalue weighted by Gasteiger charge is 2.69. The Morgan fingerprint density at radius 2 is 1.53 bits per heavy atom. The Balaban J connectivity index is 1.04. The Morgan fingerprint density at radius 3 is 2.29 bits per heavy atom. The summed E-state index contributed by atoms with van der Waals surface area (Å²) in [5, 5.41) is 17.8. The normalized spacial score (nSPS) is 41.8. The quantitative estimate of drug-likeness (QED) is 0.240. The second-order valence-electron chi connectivity index (χ2n) is 19.4. The van der Waals surface area contributed by atoms with E-state index >= 15 is 4.79 Å². The number of thiocarbonyl (C=S) groups is 1. The van der Waals surface area contributed by atoms with Crippen molar-refractivity contribution in [1.82, 2.24) is 9.80 Å². The monoisotopic (exact) mass is 709 g/mol. The molecular formula is C45H63N3O2S. The van der Waals surface area contributed by atoms with Crippen molar-refractivity contribution in [2.24, 2.45) is 56.7 Å². The number of rotatable bonds is 2. The molecule has 0 radical (unpaired) electrons. The van der Waals surface area contributed by atoms with Crippen LogP contribution >= 0.6 is 12.2 Å². The first-order valence-corrected chi connectivity index (χ1v) is 20.8. The number of nitrogens with one attached hydrogen (secondary N) is 1. The van der Waals surface area contributed by atoms with Crippen LogP contribution in [0.15, 0.2) is 54.1 Å². The molecular weight excluding hydrogens is 647 g/mol. The number of nitrogens with zero attached hydrogens (tertiary/aromatic N) is 2. The molecule has 276 valence electrons. The fourth-order valence-electron chi connectivity index (χ4n) is 13.8. The van der Waals surface area contributed by atoms with E-state index in [1.54, 1.807) is 5.57 Å². The molecule has 2 aromatic rings. The lowest BCUT2D eigenvalue weighted by atomic mass is 9.33. The van der Waals surface area contributed by atoms with Crippen LogP contribution in [0.3, 0.4) is 0 Å². The highest BCUT2D eigenvalue weighted by molar-refractivity contribution is 7.80. The number of fused-ring (bicyclic) bond motifs is 8. The molecule has 0 bridgehead atoms. The molecule has 6 heteroatoms. The maximum Gasteiger partial charge on any atom is 0.229 e. The first-order chi connectivity index (χ1) is 24.2. The Morgan fingerprint density at radius 1 is 0.824 bits per heavy atom. The molecule has 10 atom stereocenters. The van der Waals surface area contributed by atoms with Gasteiger partial charge in [0.1, 0.15) is 0 Å². The van der Waals surface area contributed by atoms with Crippen molar-refractivity contribution in [3.05, 3.63) is 54.1 Å². The zero-order valence-electron chi connectivity index (χ0n) is 32.4. The molecule has 6 aliphatic rings. The summed E-state index contributed by atoms with van der Waals surface area (Å²) in [5.41, 5.74) is 2.88. The number of hydrogen-bond acceptors (Lipinski definition) is 3. The van der Waals surface area contributed by atoms with Gasteiger partial charge in [-0.15, -0.1) is 0 Å². The van der Waals surface area contributed by atoms with Crippen LogP contribution in [-0.2, 0) is 4.79 Å². The Kier molecular flexibility index (Phi) is 8.58. The summed E-state index contributed by atoms with van der Waals surface area (Å²) in [6.07, 6.45) is 12.4. The third-order valence-corrected chi connectivity index (χ3v) is 17.6. The predicted molar refractivity (Wildman–Crippen MR) is 213 cm³/mol. The number of piperazine rings is 1. The average molecular weight is 710 g/mol. The van der Waals surface area contributed by atoms with Crippen LogP contribution in [0.1, 0.15) is 106 Å². The molecule has 0 aromatic heterocycles. The van der Waals surface area contributed by atoms with E-state index in [-0.39, 0.29) is 33.2 Å². The third kappa shape index (κ3) is 5.07. The number of allylic oxidation sites excluding steroid dienone is 2. The number of benzene rings is 2. The van der Waals surface area contributed by atoms with Gasteiger partial charge in [-0.05, 0) is 133 Å². The molecule has 1 aliphatic heterocycles. The minimum Gasteiger partial charge on any atom is -0.393 e. The standard InChI is InChI=1S/C45H63N3O2S/c1-29-17-22-45(39(50)47-25-27-48(28-26-47)40(51)46-34-14-10-12-31-11-8-9-13-32(31)34)24-23-43(6)33(38(45)30(29)2)15-16-36-42(5)20-19-37(49)41(3,4)35(42)18-21-44(36,43)7/h8-15,29-30,35-38,49H,16-28H2,1-7H3,(H,46,51)/t29-,30+,35+,36-,37+,38+,42+,43-,44-,45+/m1/s1. The van der Waals surface area contributed by atoms with Gasteiger partial charge >= 0.3 is 0 Å². The molecule has 2 N–H and O–H groups in total. The van der Waals surface area contributed by atoms with Gasteiger partial charge in [0.25, 0.3) is 0 Å². The van der Waals surface area contributed by atoms with Crippen molar-refractivity contribution in [2.45, 2.75) is 112 Å². The number of aliphatic hydroxyl groups is 1. The highest BCUT2D eigenvalue weighted by Crippen LogP contribution is 2.76. The summed E-state index contributed by atoms with van der Waals surface area (Å²) < 4.78 is 0. The average Bonchev–Trinajstić information content (AvgIpc) is 3.12. The van der Waals surface area contributed by atoms with Gasteiger partial charge in [-0.25, -0.2) is 0 Å². The SMILES string of the molecule is C[C@H]1[C@H](C)CC[C@]2(C(=O)N3CCN(C(=S)Nc4cccc5ccccc45)CC3)CC[C@]3(C)C(=CC[C@@H]4[C@@]5(C)CC[C@H](O)C(C)(C)[C@@H]5CC[C@]43C)[C@H]12. The number of carbonyl (C=O) groups excluding carboxylic acids is 1. The van der Waals surface area contributed by atoms with Crippen molar-refractivity contribution in [3.63, 3.8) is 0 Å². The van der Waals surface area contributed by atoms with Crippen LogP contribution in [0.2, 0.25) is 0 Å². The summed E-state index contributed by atoms with van der Waals surface area (Å²) in [6, 6.07) is 14.7. The van der Waals surface area contributed by atoms with E-state index in [1.807, 2.05) is 0 Å². The Bertz CT molecular complexity index is 1740. The van der Waals surface area contributed by atoms with E-state index in [9.17, 15) is 5.11 Å². The maximum absolute atomic E-state index is 15.2. The fourth-order valence-corrected chi connectivity index (χ4v) is 14.1. The minimum atomic E-state index is -0.303. The molecule has 5 nitrogen and oxygen atoms in total. The van der Waals surface area contributed by atoms with Gasteiger partial charge in [-0.1, -0.05) is 96.5 Å². The number of amides is 1. The molecule has 0 unspecified atom stereocenters. The molecule has 8 rings (SSSR count). The van der Waals surface area contributed by atoms with Crippen molar-refractivity contribution in [2.75, 3.05) is 31.5 Å². The predicted octanol–water partition coefficient (Wildman–Crippen LogP) is 9.70. The van der Waals surface area contributed by atoms with Gasteiger partial charge in [0, 0.05) is 37.3 Å². The fraction of sp³-hybridized carbons (Fsp3) is 0.689. The smallest absolute Gasteiger partial charge is 0.229 e. The lowest BCUT2D eigenvalue weighted by Gasteiger charge is -2.71. The van der Waals surface area contributed by atoms with Crippen molar-refractivity contribution in [1.29, 1.82) is 0 Å². The van der Waals surface area contributed by atoms with Crippen LogP contribution < -0.4 is 5.32 Å². The van der Waals surface area contributed by atoms with E-state index in [0.717, 1.165) is 81.9 Å². The summed E-state index contributed by atoms with van der Waals surface area (Å²) in [4.78, 5) is 19.6. The second kappa shape index (κ2) is 12.3. The number of anilines is 1. The summed E-state index contributed by atoms with van der Waals surface area (Å²) in [6.45, 7) is 20.5.